The van der Waals surface area contributed by atoms with Crippen LogP contribution >= 0.6 is 0 Å². The van der Waals surface area contributed by atoms with Crippen LogP contribution in [-0.4, -0.2) is 0 Å². The van der Waals surface area contributed by atoms with Crippen molar-refractivity contribution >= 4 is 64.6 Å². The monoisotopic (exact) mass is 630 g/mol. The van der Waals surface area contributed by atoms with Gasteiger partial charge >= 0.3 is 0 Å². The van der Waals surface area contributed by atoms with Gasteiger partial charge in [0, 0.05) is 0 Å². The molecule has 0 nitrogen and oxygen atoms in total. The maximum Gasteiger partial charge on any atom is -0.00206 e. The van der Waals surface area contributed by atoms with Gasteiger partial charge in [0.25, 0.3) is 0 Å². The highest BCUT2D eigenvalue weighted by molar-refractivity contribution is 6.26. The smallest absolute Gasteiger partial charge is 0.00206 e. The van der Waals surface area contributed by atoms with Crippen LogP contribution in [0.25, 0.3) is 109 Å². The maximum atomic E-state index is 2.35. The quantitative estimate of drug-likeness (QED) is 0.170. The van der Waals surface area contributed by atoms with E-state index in [4.69, 9.17) is 0 Å². The van der Waals surface area contributed by atoms with Crippen LogP contribution in [0.1, 0.15) is 0 Å². The van der Waals surface area contributed by atoms with Gasteiger partial charge in [-0.3, -0.25) is 0 Å². The van der Waals surface area contributed by atoms with Gasteiger partial charge in [-0.15, -0.1) is 0 Å². The second-order valence-corrected chi connectivity index (χ2v) is 13.7. The SMILES string of the molecule is c1cc(-c2cccc(-c3ccc4ccc5cccc6ccc3c4c56)c2)cc(-c2cccc(-c3ccc4ccc5cccc6ccc3c4c56)c2)c1. The lowest BCUT2D eigenvalue weighted by molar-refractivity contribution is 1.58. The third kappa shape index (κ3) is 4.06. The molecule has 0 aliphatic carbocycles. The highest BCUT2D eigenvalue weighted by atomic mass is 14.2. The van der Waals surface area contributed by atoms with Crippen LogP contribution < -0.4 is 0 Å². The summed E-state index contributed by atoms with van der Waals surface area (Å²) in [5.74, 6) is 0. The van der Waals surface area contributed by atoms with Crippen LogP contribution in [-0.2, 0) is 0 Å². The highest BCUT2D eigenvalue weighted by Gasteiger charge is 2.15. The Kier molecular flexibility index (Phi) is 5.76. The Bertz CT molecular complexity index is 2850. The summed E-state index contributed by atoms with van der Waals surface area (Å²) in [6.07, 6.45) is 0. The highest BCUT2D eigenvalue weighted by Crippen LogP contribution is 2.42. The molecule has 0 unspecified atom stereocenters. The third-order valence-electron chi connectivity index (χ3n) is 10.9. The standard InChI is InChI=1S/C50H30/c1-6-31-16-18-35-20-24-43(45-26-22-33(8-1)47(31)49(35)45)41-14-4-12-39(29-41)37-10-3-11-38(28-37)40-13-5-15-42(30-40)44-25-21-36-19-17-32-7-2-9-34-23-27-46(44)50(36)48(32)34/h1-30H. The minimum Gasteiger partial charge on any atom is -0.0610 e. The van der Waals surface area contributed by atoms with Crippen molar-refractivity contribution in [2.45, 2.75) is 0 Å². The van der Waals surface area contributed by atoms with Gasteiger partial charge in [-0.05, 0) is 127 Å². The van der Waals surface area contributed by atoms with Crippen molar-refractivity contribution in [3.8, 4) is 44.5 Å². The molecular weight excluding hydrogens is 601 g/mol. The first-order chi connectivity index (χ1) is 24.8. The zero-order chi connectivity index (χ0) is 32.8. The summed E-state index contributed by atoms with van der Waals surface area (Å²) in [5.41, 5.74) is 9.90. The lowest BCUT2D eigenvalue weighted by Gasteiger charge is -2.15. The van der Waals surface area contributed by atoms with Crippen molar-refractivity contribution in [1.82, 2.24) is 0 Å². The molecule has 11 aromatic carbocycles. The molecule has 0 N–H and O–H groups in total. The minimum absolute atomic E-state index is 1.22. The zero-order valence-corrected chi connectivity index (χ0v) is 27.3. The van der Waals surface area contributed by atoms with E-state index in [2.05, 4.69) is 182 Å². The van der Waals surface area contributed by atoms with E-state index < -0.39 is 0 Å². The fourth-order valence-corrected chi connectivity index (χ4v) is 8.58. The Hall–Kier alpha value is -6.50. The summed E-state index contributed by atoms with van der Waals surface area (Å²) in [5, 5.41) is 15.8. The lowest BCUT2D eigenvalue weighted by atomic mass is 9.88. The van der Waals surface area contributed by atoms with Gasteiger partial charge in [-0.2, -0.15) is 0 Å². The van der Waals surface area contributed by atoms with E-state index in [0.29, 0.717) is 0 Å². The summed E-state index contributed by atoms with van der Waals surface area (Å²) in [6, 6.07) is 67.6. The second-order valence-electron chi connectivity index (χ2n) is 13.7. The van der Waals surface area contributed by atoms with E-state index in [1.807, 2.05) is 0 Å². The van der Waals surface area contributed by atoms with Crippen molar-refractivity contribution in [2.75, 3.05) is 0 Å². The van der Waals surface area contributed by atoms with Crippen molar-refractivity contribution in [3.05, 3.63) is 182 Å². The van der Waals surface area contributed by atoms with Crippen LogP contribution in [0.2, 0.25) is 0 Å². The van der Waals surface area contributed by atoms with Gasteiger partial charge in [0.15, 0.2) is 0 Å². The first kappa shape index (κ1) is 27.5. The van der Waals surface area contributed by atoms with Crippen LogP contribution in [0.3, 0.4) is 0 Å². The average molecular weight is 631 g/mol. The normalized spacial score (nSPS) is 12.0. The zero-order valence-electron chi connectivity index (χ0n) is 27.3. The Morgan fingerprint density at radius 1 is 0.200 bits per heavy atom. The molecule has 230 valence electrons. The summed E-state index contributed by atoms with van der Waals surface area (Å²) in [4.78, 5) is 0. The van der Waals surface area contributed by atoms with Gasteiger partial charge in [0.2, 0.25) is 0 Å². The maximum absolute atomic E-state index is 2.35. The van der Waals surface area contributed by atoms with E-state index in [9.17, 15) is 0 Å². The first-order valence-electron chi connectivity index (χ1n) is 17.4. The van der Waals surface area contributed by atoms with Gasteiger partial charge < -0.3 is 0 Å². The molecule has 0 bridgehead atoms. The van der Waals surface area contributed by atoms with E-state index in [-0.39, 0.29) is 0 Å². The van der Waals surface area contributed by atoms with E-state index >= 15 is 0 Å². The molecule has 0 radical (unpaired) electrons. The van der Waals surface area contributed by atoms with Gasteiger partial charge in [-0.1, -0.05) is 164 Å². The third-order valence-corrected chi connectivity index (χ3v) is 10.9. The molecule has 11 aromatic rings. The minimum atomic E-state index is 1.22. The Morgan fingerprint density at radius 2 is 0.480 bits per heavy atom. The molecule has 0 fully saturated rings. The number of rotatable bonds is 4. The predicted molar refractivity (Wildman–Crippen MR) is 216 cm³/mol. The molecule has 0 heteroatoms. The van der Waals surface area contributed by atoms with Crippen molar-refractivity contribution in [3.63, 3.8) is 0 Å². The van der Waals surface area contributed by atoms with Crippen molar-refractivity contribution in [1.29, 1.82) is 0 Å². The van der Waals surface area contributed by atoms with Gasteiger partial charge in [-0.25, -0.2) is 0 Å². The van der Waals surface area contributed by atoms with Crippen LogP contribution in [0.15, 0.2) is 182 Å². The largest absolute Gasteiger partial charge is 0.0610 e. The van der Waals surface area contributed by atoms with Crippen LogP contribution in [0.4, 0.5) is 0 Å². The molecule has 0 aromatic heterocycles. The number of hydrogen-bond donors (Lipinski definition) is 0. The topological polar surface area (TPSA) is 0 Å². The predicted octanol–water partition coefficient (Wildman–Crippen LogP) is 14.1. The Labute approximate surface area is 290 Å². The van der Waals surface area contributed by atoms with Crippen molar-refractivity contribution in [2.24, 2.45) is 0 Å². The summed E-state index contributed by atoms with van der Waals surface area (Å²) in [6.45, 7) is 0. The molecule has 0 saturated heterocycles. The van der Waals surface area contributed by atoms with E-state index in [1.165, 1.54) is 109 Å². The molecule has 0 amide bonds. The second kappa shape index (κ2) is 10.5. The molecule has 50 heavy (non-hydrogen) atoms. The molecule has 0 aliphatic rings. The van der Waals surface area contributed by atoms with Gasteiger partial charge in [0.05, 0.1) is 0 Å². The Morgan fingerprint density at radius 3 is 0.880 bits per heavy atom. The summed E-state index contributed by atoms with van der Waals surface area (Å²) in [7, 11) is 0. The van der Waals surface area contributed by atoms with E-state index in [0.717, 1.165) is 0 Å². The molecule has 0 spiro atoms. The summed E-state index contributed by atoms with van der Waals surface area (Å²) >= 11 is 0. The molecule has 11 rings (SSSR count). The van der Waals surface area contributed by atoms with Crippen LogP contribution in [0, 0.1) is 0 Å². The first-order valence-corrected chi connectivity index (χ1v) is 17.4. The van der Waals surface area contributed by atoms with Crippen LogP contribution in [0.5, 0.6) is 0 Å². The molecule has 0 heterocycles. The van der Waals surface area contributed by atoms with Gasteiger partial charge in [0.1, 0.15) is 0 Å². The number of hydrogen-bond acceptors (Lipinski definition) is 0. The van der Waals surface area contributed by atoms with E-state index in [1.54, 1.807) is 0 Å². The fraction of sp³-hybridized carbons (Fsp3) is 0. The Balaban J connectivity index is 1.000. The fourth-order valence-electron chi connectivity index (χ4n) is 8.58. The molecule has 0 atom stereocenters. The van der Waals surface area contributed by atoms with Crippen molar-refractivity contribution < 1.29 is 0 Å². The average Bonchev–Trinajstić information content (AvgIpc) is 3.19. The molecule has 0 saturated carbocycles. The molecule has 0 aliphatic heterocycles. The summed E-state index contributed by atoms with van der Waals surface area (Å²) < 4.78 is 0. The number of benzene rings is 11. The lowest BCUT2D eigenvalue weighted by Crippen LogP contribution is -1.88. The molecular formula is C50H30.